The highest BCUT2D eigenvalue weighted by atomic mass is 35.5. The summed E-state index contributed by atoms with van der Waals surface area (Å²) in [6.45, 7) is 7.19. The van der Waals surface area contributed by atoms with Gasteiger partial charge in [-0.3, -0.25) is 0 Å². The van der Waals surface area contributed by atoms with Gasteiger partial charge >= 0.3 is 0 Å². The van der Waals surface area contributed by atoms with Crippen molar-refractivity contribution in [2.45, 2.75) is 104 Å². The first-order valence-electron chi connectivity index (χ1n) is 11.4. The molecular formula is C24H41ClN2O. The number of hydrogen-bond donors (Lipinski definition) is 0. The van der Waals surface area contributed by atoms with Gasteiger partial charge < -0.3 is 17.1 Å². The summed E-state index contributed by atoms with van der Waals surface area (Å²) in [5.74, 6) is 0. The Labute approximate surface area is 178 Å². The normalized spacial score (nSPS) is 11.1. The van der Waals surface area contributed by atoms with Gasteiger partial charge in [-0.05, 0) is 31.4 Å². The van der Waals surface area contributed by atoms with Crippen molar-refractivity contribution in [3.63, 3.8) is 0 Å². The third kappa shape index (κ3) is 8.96. The minimum atomic E-state index is 0. The number of nitrogens with zero attached hydrogens (tertiary/aromatic N) is 2. The van der Waals surface area contributed by atoms with E-state index in [-0.39, 0.29) is 12.4 Å². The Morgan fingerprint density at radius 1 is 0.786 bits per heavy atom. The van der Waals surface area contributed by atoms with Gasteiger partial charge in [0.1, 0.15) is 0 Å². The third-order valence-corrected chi connectivity index (χ3v) is 5.40. The molecule has 2 rings (SSSR count). The number of rotatable bonds is 16. The van der Waals surface area contributed by atoms with Crippen LogP contribution in [0.4, 0.5) is 0 Å². The van der Waals surface area contributed by atoms with E-state index in [9.17, 15) is 0 Å². The fourth-order valence-electron chi connectivity index (χ4n) is 3.73. The molecule has 0 spiro atoms. The van der Waals surface area contributed by atoms with Crippen LogP contribution >= 0.6 is 0 Å². The molecule has 0 fully saturated rings. The Bertz CT molecular complexity index is 626. The molecule has 0 aliphatic heterocycles. The van der Waals surface area contributed by atoms with E-state index in [1.807, 2.05) is 0 Å². The quantitative estimate of drug-likeness (QED) is 0.306. The van der Waals surface area contributed by atoms with Gasteiger partial charge in [-0.15, -0.1) is 0 Å². The number of halogens is 1. The van der Waals surface area contributed by atoms with Crippen LogP contribution in [0.2, 0.25) is 0 Å². The van der Waals surface area contributed by atoms with Crippen LogP contribution in [0.15, 0.2) is 30.6 Å². The molecule has 3 nitrogen and oxygen atoms in total. The number of ether oxygens (including phenoxy) is 1. The molecule has 2 aromatic rings. The smallest absolute Gasteiger partial charge is 0.246 e. The standard InChI is InChI=1S/C24H41N2O.ClH/c1-3-5-7-9-11-15-19-25-21-26(24-18-14-13-17-23(24)25)22-27-20-16-12-10-8-6-4-2;/h13-14,17-18,21H,3-12,15-16,19-20,22H2,1-2H3;1H/q+1;/p-1. The maximum atomic E-state index is 5.97. The van der Waals surface area contributed by atoms with Crippen molar-refractivity contribution in [3.8, 4) is 0 Å². The van der Waals surface area contributed by atoms with E-state index in [1.165, 1.54) is 88.1 Å². The van der Waals surface area contributed by atoms with Crippen LogP contribution in [-0.4, -0.2) is 11.2 Å². The molecule has 0 saturated heterocycles. The van der Waals surface area contributed by atoms with Gasteiger partial charge in [0, 0.05) is 0 Å². The van der Waals surface area contributed by atoms with E-state index in [1.54, 1.807) is 0 Å². The van der Waals surface area contributed by atoms with Crippen molar-refractivity contribution >= 4 is 11.0 Å². The summed E-state index contributed by atoms with van der Waals surface area (Å²) in [5, 5.41) is 0. The number of para-hydroxylation sites is 2. The highest BCUT2D eigenvalue weighted by molar-refractivity contribution is 5.71. The molecule has 0 aliphatic rings. The van der Waals surface area contributed by atoms with Crippen LogP contribution in [0.3, 0.4) is 0 Å². The second kappa shape index (κ2) is 15.8. The minimum absolute atomic E-state index is 0. The molecule has 0 radical (unpaired) electrons. The molecule has 160 valence electrons. The largest absolute Gasteiger partial charge is 1.00 e. The Kier molecular flexibility index (Phi) is 14.1. The molecule has 0 saturated carbocycles. The zero-order chi connectivity index (χ0) is 19.2. The van der Waals surface area contributed by atoms with E-state index >= 15 is 0 Å². The van der Waals surface area contributed by atoms with Crippen molar-refractivity contribution < 1.29 is 21.7 Å². The van der Waals surface area contributed by atoms with E-state index in [0.29, 0.717) is 6.73 Å². The molecule has 0 aliphatic carbocycles. The van der Waals surface area contributed by atoms with Crippen LogP contribution < -0.4 is 17.0 Å². The first-order valence-corrected chi connectivity index (χ1v) is 11.4. The zero-order valence-electron chi connectivity index (χ0n) is 18.2. The molecular weight excluding hydrogens is 368 g/mol. The first-order chi connectivity index (χ1) is 13.4. The predicted octanol–water partition coefficient (Wildman–Crippen LogP) is 3.63. The lowest BCUT2D eigenvalue weighted by atomic mass is 10.1. The van der Waals surface area contributed by atoms with Gasteiger partial charge in [0.25, 0.3) is 0 Å². The third-order valence-electron chi connectivity index (χ3n) is 5.40. The monoisotopic (exact) mass is 408 g/mol. The maximum absolute atomic E-state index is 5.97. The van der Waals surface area contributed by atoms with Crippen molar-refractivity contribution in [1.29, 1.82) is 0 Å². The van der Waals surface area contributed by atoms with Crippen molar-refractivity contribution in [1.82, 2.24) is 4.57 Å². The molecule has 28 heavy (non-hydrogen) atoms. The molecule has 1 aromatic carbocycles. The van der Waals surface area contributed by atoms with Gasteiger partial charge in [-0.1, -0.05) is 83.8 Å². The second-order valence-corrected chi connectivity index (χ2v) is 7.84. The van der Waals surface area contributed by atoms with Crippen LogP contribution in [0.1, 0.15) is 90.9 Å². The predicted molar refractivity (Wildman–Crippen MR) is 115 cm³/mol. The number of aromatic nitrogens is 2. The lowest BCUT2D eigenvalue weighted by Gasteiger charge is -2.02. The topological polar surface area (TPSA) is 18.0 Å². The number of unbranched alkanes of at least 4 members (excludes halogenated alkanes) is 10. The fourth-order valence-corrected chi connectivity index (χ4v) is 3.73. The van der Waals surface area contributed by atoms with Gasteiger partial charge in [0.05, 0.1) is 13.2 Å². The van der Waals surface area contributed by atoms with Gasteiger partial charge in [0.2, 0.25) is 6.33 Å². The van der Waals surface area contributed by atoms with E-state index < -0.39 is 0 Å². The van der Waals surface area contributed by atoms with Gasteiger partial charge in [-0.25, -0.2) is 9.13 Å². The van der Waals surface area contributed by atoms with Crippen molar-refractivity contribution in [2.75, 3.05) is 6.61 Å². The van der Waals surface area contributed by atoms with Crippen LogP contribution in [0.25, 0.3) is 11.0 Å². The summed E-state index contributed by atoms with van der Waals surface area (Å²) in [6.07, 6.45) is 18.2. The lowest BCUT2D eigenvalue weighted by Crippen LogP contribution is -3.00. The summed E-state index contributed by atoms with van der Waals surface area (Å²) in [5.41, 5.74) is 2.61. The van der Waals surface area contributed by atoms with Crippen molar-refractivity contribution in [2.24, 2.45) is 0 Å². The van der Waals surface area contributed by atoms with Gasteiger partial charge in [-0.2, -0.15) is 0 Å². The maximum Gasteiger partial charge on any atom is 0.246 e. The molecule has 0 amide bonds. The zero-order valence-corrected chi connectivity index (χ0v) is 18.9. The Morgan fingerprint density at radius 3 is 2.11 bits per heavy atom. The molecule has 4 heteroatoms. The van der Waals surface area contributed by atoms with E-state index in [2.05, 4.69) is 53.6 Å². The highest BCUT2D eigenvalue weighted by Crippen LogP contribution is 2.13. The van der Waals surface area contributed by atoms with Crippen LogP contribution in [0, 0.1) is 0 Å². The number of fused-ring (bicyclic) bond motifs is 1. The Balaban J connectivity index is 0.00000392. The molecule has 1 aromatic heterocycles. The minimum Gasteiger partial charge on any atom is -1.00 e. The number of aryl methyl sites for hydroxylation is 1. The summed E-state index contributed by atoms with van der Waals surface area (Å²) >= 11 is 0. The second-order valence-electron chi connectivity index (χ2n) is 7.84. The average Bonchev–Trinajstić information content (AvgIpc) is 3.05. The van der Waals surface area contributed by atoms with E-state index in [0.717, 1.165) is 13.2 Å². The number of hydrogen-bond acceptors (Lipinski definition) is 1. The van der Waals surface area contributed by atoms with Gasteiger partial charge in [0.15, 0.2) is 17.8 Å². The Hall–Kier alpha value is -1.06. The fraction of sp³-hybridized carbons (Fsp3) is 0.708. The lowest BCUT2D eigenvalue weighted by molar-refractivity contribution is -0.710. The van der Waals surface area contributed by atoms with Crippen LogP contribution in [-0.2, 0) is 18.0 Å². The summed E-state index contributed by atoms with van der Waals surface area (Å²) < 4.78 is 10.6. The summed E-state index contributed by atoms with van der Waals surface area (Å²) in [6, 6.07) is 8.71. The molecule has 0 unspecified atom stereocenters. The average molecular weight is 409 g/mol. The molecule has 0 N–H and O–H groups in total. The Morgan fingerprint density at radius 2 is 1.39 bits per heavy atom. The van der Waals surface area contributed by atoms with Crippen LogP contribution in [0.5, 0.6) is 0 Å². The first kappa shape index (κ1) is 25.0. The van der Waals surface area contributed by atoms with Crippen molar-refractivity contribution in [3.05, 3.63) is 30.6 Å². The number of imidazole rings is 1. The SMILES string of the molecule is CCCCCCCCOC[n+]1cn(CCCCCCCC)c2ccccc21.[Cl-]. The summed E-state index contributed by atoms with van der Waals surface area (Å²) in [7, 11) is 0. The highest BCUT2D eigenvalue weighted by Gasteiger charge is 2.14. The number of benzene rings is 1. The molecule has 1 heterocycles. The molecule has 0 atom stereocenters. The summed E-state index contributed by atoms with van der Waals surface area (Å²) in [4.78, 5) is 0. The van der Waals surface area contributed by atoms with E-state index in [4.69, 9.17) is 4.74 Å². The molecule has 0 bridgehead atoms.